The van der Waals surface area contributed by atoms with Crippen LogP contribution >= 0.6 is 0 Å². The van der Waals surface area contributed by atoms with Crippen LogP contribution in [0.1, 0.15) is 37.0 Å². The van der Waals surface area contributed by atoms with Crippen molar-refractivity contribution < 1.29 is 49.4 Å². The first kappa shape index (κ1) is 23.9. The Morgan fingerprint density at radius 2 is 1.41 bits per heavy atom. The van der Waals surface area contributed by atoms with Crippen LogP contribution < -0.4 is 0 Å². The topological polar surface area (TPSA) is 179 Å². The van der Waals surface area contributed by atoms with Crippen LogP contribution in [0.2, 0.25) is 0 Å². The number of hydrogen-bond acceptors (Lipinski definition) is 7. The number of carboxylic acid groups (broad SMARTS) is 3. The monoisotopic (exact) mass is 386 g/mol. The van der Waals surface area contributed by atoms with Gasteiger partial charge < -0.3 is 30.3 Å². The molecule has 0 unspecified atom stereocenters. The molecule has 0 aromatic heterocycles. The Balaban J connectivity index is 0.000000503. The Morgan fingerprint density at radius 3 is 1.74 bits per heavy atom. The summed E-state index contributed by atoms with van der Waals surface area (Å²) in [6.45, 7) is 4.37. The average Bonchev–Trinajstić information content (AvgIpc) is 2.52. The maximum Gasteiger partial charge on any atom is 0.338 e. The lowest BCUT2D eigenvalue weighted by molar-refractivity contribution is -0.170. The molecule has 0 aliphatic rings. The zero-order valence-corrected chi connectivity index (χ0v) is 14.8. The number of ether oxygens (including phenoxy) is 1. The summed E-state index contributed by atoms with van der Waals surface area (Å²) in [6.07, 6.45) is -2.29. The number of rotatable bonds is 8. The number of phenols is 1. The van der Waals surface area contributed by atoms with Crippen LogP contribution in [0, 0.1) is 5.92 Å². The molecule has 0 heterocycles. The standard InChI is InChI=1S/C11H14O3.C6H8O7/c1-8(2)7-14-11(13)9-3-5-10(12)6-4-9;7-3(8)1-6(13,5(11)12)2-4(9)10/h3-6,8,12H,7H2,1-2H3;13H,1-2H2,(H,7,8)(H,9,10)(H,11,12). The highest BCUT2D eigenvalue weighted by molar-refractivity contribution is 5.89. The van der Waals surface area contributed by atoms with Gasteiger partial charge in [0.2, 0.25) is 0 Å². The van der Waals surface area contributed by atoms with Crippen molar-refractivity contribution in [3.05, 3.63) is 29.8 Å². The fourth-order valence-corrected chi connectivity index (χ4v) is 1.64. The van der Waals surface area contributed by atoms with Crippen molar-refractivity contribution in [2.45, 2.75) is 32.3 Å². The minimum atomic E-state index is -2.74. The highest BCUT2D eigenvalue weighted by atomic mass is 16.5. The van der Waals surface area contributed by atoms with E-state index in [0.717, 1.165) is 0 Å². The second-order valence-corrected chi connectivity index (χ2v) is 6.02. The molecule has 1 rings (SSSR count). The number of carbonyl (C=O) groups is 4. The van der Waals surface area contributed by atoms with Gasteiger partial charge in [0.1, 0.15) is 5.75 Å². The Bertz CT molecular complexity index is 647. The maximum atomic E-state index is 11.4. The van der Waals surface area contributed by atoms with Crippen molar-refractivity contribution in [3.63, 3.8) is 0 Å². The van der Waals surface area contributed by atoms with Gasteiger partial charge in [0.25, 0.3) is 0 Å². The largest absolute Gasteiger partial charge is 0.508 e. The van der Waals surface area contributed by atoms with Crippen LogP contribution in [0.15, 0.2) is 24.3 Å². The molecular weight excluding hydrogens is 364 g/mol. The van der Waals surface area contributed by atoms with E-state index in [2.05, 4.69) is 0 Å². The zero-order valence-electron chi connectivity index (χ0n) is 14.8. The summed E-state index contributed by atoms with van der Waals surface area (Å²) in [5.74, 6) is -4.89. The van der Waals surface area contributed by atoms with E-state index in [-0.39, 0.29) is 11.7 Å². The molecule has 0 saturated heterocycles. The third-order valence-corrected chi connectivity index (χ3v) is 2.94. The van der Waals surface area contributed by atoms with Gasteiger partial charge in [-0.3, -0.25) is 9.59 Å². The Kier molecular flexibility index (Phi) is 9.51. The molecule has 27 heavy (non-hydrogen) atoms. The summed E-state index contributed by atoms with van der Waals surface area (Å²) in [6, 6.07) is 6.01. The smallest absolute Gasteiger partial charge is 0.338 e. The van der Waals surface area contributed by atoms with Gasteiger partial charge >= 0.3 is 23.9 Å². The van der Waals surface area contributed by atoms with Gasteiger partial charge in [-0.05, 0) is 30.2 Å². The number of phenolic OH excluding ortho intramolecular Hbond substituents is 1. The zero-order chi connectivity index (χ0) is 21.2. The van der Waals surface area contributed by atoms with Gasteiger partial charge in [-0.25, -0.2) is 9.59 Å². The van der Waals surface area contributed by atoms with E-state index >= 15 is 0 Å². The van der Waals surface area contributed by atoms with Crippen LogP contribution in [-0.2, 0) is 19.1 Å². The van der Waals surface area contributed by atoms with E-state index in [1.54, 1.807) is 0 Å². The van der Waals surface area contributed by atoms with E-state index in [9.17, 15) is 19.2 Å². The molecule has 0 aliphatic carbocycles. The van der Waals surface area contributed by atoms with E-state index in [1.807, 2.05) is 13.8 Å². The summed E-state index contributed by atoms with van der Waals surface area (Å²) in [7, 11) is 0. The van der Waals surface area contributed by atoms with Crippen LogP contribution in [-0.4, -0.2) is 61.6 Å². The summed E-state index contributed by atoms with van der Waals surface area (Å²) >= 11 is 0. The third kappa shape index (κ3) is 9.80. The van der Waals surface area contributed by atoms with Gasteiger partial charge in [0.15, 0.2) is 5.60 Å². The molecule has 1 aromatic carbocycles. The predicted octanol–water partition coefficient (Wildman–Crippen LogP) is 0.956. The third-order valence-electron chi connectivity index (χ3n) is 2.94. The second kappa shape index (κ2) is 10.8. The first-order valence-electron chi connectivity index (χ1n) is 7.73. The first-order valence-corrected chi connectivity index (χ1v) is 7.73. The molecule has 150 valence electrons. The van der Waals surface area contributed by atoms with Crippen molar-refractivity contribution in [2.75, 3.05) is 6.61 Å². The fourth-order valence-electron chi connectivity index (χ4n) is 1.64. The summed E-state index contributed by atoms with van der Waals surface area (Å²) in [5, 5.41) is 42.8. The van der Waals surface area contributed by atoms with Gasteiger partial charge in [0, 0.05) is 0 Å². The molecule has 0 spiro atoms. The molecule has 0 fully saturated rings. The van der Waals surface area contributed by atoms with Crippen LogP contribution in [0.25, 0.3) is 0 Å². The van der Waals surface area contributed by atoms with Crippen molar-refractivity contribution in [2.24, 2.45) is 5.92 Å². The summed E-state index contributed by atoms with van der Waals surface area (Å²) in [4.78, 5) is 41.8. The predicted molar refractivity (Wildman–Crippen MR) is 90.3 cm³/mol. The lowest BCUT2D eigenvalue weighted by Gasteiger charge is -2.18. The van der Waals surface area contributed by atoms with Crippen molar-refractivity contribution in [1.29, 1.82) is 0 Å². The molecule has 10 nitrogen and oxygen atoms in total. The number of hydrogen-bond donors (Lipinski definition) is 5. The quantitative estimate of drug-likeness (QED) is 0.404. The Morgan fingerprint density at radius 1 is 0.963 bits per heavy atom. The van der Waals surface area contributed by atoms with E-state index < -0.39 is 36.4 Å². The van der Waals surface area contributed by atoms with E-state index in [1.165, 1.54) is 24.3 Å². The Hall–Kier alpha value is -3.14. The molecule has 0 bridgehead atoms. The highest BCUT2D eigenvalue weighted by Gasteiger charge is 2.40. The Labute approximate surface area is 154 Å². The van der Waals surface area contributed by atoms with Crippen LogP contribution in [0.3, 0.4) is 0 Å². The molecule has 0 atom stereocenters. The average molecular weight is 386 g/mol. The summed E-state index contributed by atoms with van der Waals surface area (Å²) < 4.78 is 5.01. The van der Waals surface area contributed by atoms with Crippen molar-refractivity contribution in [1.82, 2.24) is 0 Å². The van der Waals surface area contributed by atoms with Gasteiger partial charge in [-0.2, -0.15) is 0 Å². The number of carboxylic acids is 3. The molecular formula is C17H22O10. The first-order chi connectivity index (χ1) is 12.4. The van der Waals surface area contributed by atoms with Crippen LogP contribution in [0.5, 0.6) is 5.75 Å². The molecule has 0 aliphatic heterocycles. The van der Waals surface area contributed by atoms with E-state index in [0.29, 0.717) is 18.1 Å². The highest BCUT2D eigenvalue weighted by Crippen LogP contribution is 2.15. The van der Waals surface area contributed by atoms with E-state index in [4.69, 9.17) is 30.3 Å². The number of esters is 1. The maximum absolute atomic E-state index is 11.4. The van der Waals surface area contributed by atoms with Gasteiger partial charge in [0.05, 0.1) is 25.0 Å². The number of aliphatic hydroxyl groups is 1. The lowest BCUT2D eigenvalue weighted by atomic mass is 9.96. The van der Waals surface area contributed by atoms with Gasteiger partial charge in [-0.15, -0.1) is 0 Å². The number of aromatic hydroxyl groups is 1. The van der Waals surface area contributed by atoms with Crippen LogP contribution in [0.4, 0.5) is 0 Å². The molecule has 0 amide bonds. The molecule has 0 radical (unpaired) electrons. The minimum Gasteiger partial charge on any atom is -0.508 e. The molecule has 1 aromatic rings. The molecule has 0 saturated carbocycles. The van der Waals surface area contributed by atoms with Gasteiger partial charge in [-0.1, -0.05) is 13.8 Å². The summed E-state index contributed by atoms with van der Waals surface area (Å²) in [5.41, 5.74) is -2.28. The normalized spacial score (nSPS) is 10.5. The molecule has 10 heteroatoms. The lowest BCUT2D eigenvalue weighted by Crippen LogP contribution is -2.42. The minimum absolute atomic E-state index is 0.144. The second-order valence-electron chi connectivity index (χ2n) is 6.02. The fraction of sp³-hybridized carbons (Fsp3) is 0.412. The number of carbonyl (C=O) groups excluding carboxylic acids is 1. The molecule has 5 N–H and O–H groups in total. The number of benzene rings is 1. The number of aliphatic carboxylic acids is 3. The van der Waals surface area contributed by atoms with Crippen molar-refractivity contribution in [3.8, 4) is 5.75 Å². The SMILES string of the molecule is CC(C)COC(=O)c1ccc(O)cc1.O=C(O)CC(O)(CC(=O)O)C(=O)O. The van der Waals surface area contributed by atoms with Crippen molar-refractivity contribution >= 4 is 23.9 Å².